The molecule has 1 amide bonds. The van der Waals surface area contributed by atoms with Crippen LogP contribution >= 0.6 is 0 Å². The first-order chi connectivity index (χ1) is 10.5. The second-order valence-electron chi connectivity index (χ2n) is 5.92. The zero-order valence-corrected chi connectivity index (χ0v) is 14.4. The van der Waals surface area contributed by atoms with Crippen LogP contribution in [0.5, 0.6) is 0 Å². The maximum Gasteiger partial charge on any atom is 0.409 e. The summed E-state index contributed by atoms with van der Waals surface area (Å²) in [6.45, 7) is 8.37. The van der Waals surface area contributed by atoms with Gasteiger partial charge < -0.3 is 14.5 Å². The third-order valence-electron chi connectivity index (χ3n) is 4.72. The molecule has 2 aliphatic heterocycles. The largest absolute Gasteiger partial charge is 0.450 e. The lowest BCUT2D eigenvalue weighted by molar-refractivity contribution is -0.930. The van der Waals surface area contributed by atoms with E-state index >= 15 is 0 Å². The first-order valence-corrected chi connectivity index (χ1v) is 9.83. The van der Waals surface area contributed by atoms with Crippen LogP contribution in [0.1, 0.15) is 26.7 Å². The van der Waals surface area contributed by atoms with Crippen LogP contribution in [0.3, 0.4) is 0 Å². The van der Waals surface area contributed by atoms with Gasteiger partial charge in [-0.25, -0.2) is 13.2 Å². The zero-order valence-electron chi connectivity index (χ0n) is 13.6. The Kier molecular flexibility index (Phi) is 6.05. The number of quaternary nitrogens is 1. The Bertz CT molecular complexity index is 466. The number of hydrogen-bond donors (Lipinski definition) is 1. The molecule has 2 rings (SSSR count). The molecule has 2 aliphatic rings. The van der Waals surface area contributed by atoms with E-state index in [0.717, 1.165) is 39.0 Å². The summed E-state index contributed by atoms with van der Waals surface area (Å²) in [5.41, 5.74) is 0. The molecule has 0 aromatic heterocycles. The van der Waals surface area contributed by atoms with Crippen molar-refractivity contribution in [3.05, 3.63) is 0 Å². The number of carbonyl (C=O) groups is 1. The maximum atomic E-state index is 11.9. The fourth-order valence-corrected chi connectivity index (χ4v) is 4.43. The molecule has 0 spiro atoms. The minimum Gasteiger partial charge on any atom is -0.450 e. The van der Waals surface area contributed by atoms with Crippen molar-refractivity contribution in [3.8, 4) is 0 Å². The highest BCUT2D eigenvalue weighted by molar-refractivity contribution is 7.89. The number of amides is 1. The summed E-state index contributed by atoms with van der Waals surface area (Å²) < 4.78 is 30.4. The number of hydrogen-bond acceptors (Lipinski definition) is 4. The van der Waals surface area contributed by atoms with E-state index in [1.807, 2.05) is 6.92 Å². The molecule has 0 unspecified atom stereocenters. The van der Waals surface area contributed by atoms with E-state index in [2.05, 4.69) is 0 Å². The second-order valence-corrected chi connectivity index (χ2v) is 8.18. The van der Waals surface area contributed by atoms with Gasteiger partial charge in [0.2, 0.25) is 10.0 Å². The number of ether oxygens (including phenoxy) is 1. The van der Waals surface area contributed by atoms with Crippen LogP contribution in [0.15, 0.2) is 0 Å². The van der Waals surface area contributed by atoms with Crippen molar-refractivity contribution in [2.45, 2.75) is 32.7 Å². The monoisotopic (exact) mass is 334 g/mol. The Labute approximate surface area is 133 Å². The number of rotatable bonds is 4. The molecule has 0 bridgehead atoms. The third-order valence-corrected chi connectivity index (χ3v) is 6.60. The molecule has 2 saturated heterocycles. The molecule has 1 N–H and O–H groups in total. The smallest absolute Gasteiger partial charge is 0.409 e. The van der Waals surface area contributed by atoms with Gasteiger partial charge >= 0.3 is 6.09 Å². The second kappa shape index (κ2) is 7.61. The van der Waals surface area contributed by atoms with Gasteiger partial charge in [0.25, 0.3) is 0 Å². The third kappa shape index (κ3) is 4.11. The van der Waals surface area contributed by atoms with Crippen molar-refractivity contribution in [1.29, 1.82) is 0 Å². The number of nitrogens with zero attached hydrogens (tertiary/aromatic N) is 2. The van der Waals surface area contributed by atoms with Gasteiger partial charge in [-0.2, -0.15) is 4.31 Å². The Balaban J connectivity index is 1.78. The van der Waals surface area contributed by atoms with Crippen molar-refractivity contribution < 1.29 is 22.8 Å². The molecule has 0 radical (unpaired) electrons. The minimum atomic E-state index is -3.05. The number of nitrogens with one attached hydrogen (secondary N) is 1. The van der Waals surface area contributed by atoms with Crippen LogP contribution in [0.4, 0.5) is 4.79 Å². The summed E-state index contributed by atoms with van der Waals surface area (Å²) in [4.78, 5) is 14.9. The molecule has 0 aromatic carbocycles. The van der Waals surface area contributed by atoms with Gasteiger partial charge in [0.05, 0.1) is 44.6 Å². The minimum absolute atomic E-state index is 0.181. The number of piperazine rings is 1. The standard InChI is InChI=1S/C14H27N3O4S/c1-3-21-14(18)16-7-5-13(6-8-16)15-9-11-17(12-10-15)22(19,20)4-2/h13H,3-12H2,1-2H3/p+1. The molecule has 0 aliphatic carbocycles. The Morgan fingerprint density at radius 1 is 1.14 bits per heavy atom. The summed E-state index contributed by atoms with van der Waals surface area (Å²) >= 11 is 0. The molecule has 8 heteroatoms. The lowest BCUT2D eigenvalue weighted by Gasteiger charge is -2.39. The highest BCUT2D eigenvalue weighted by Crippen LogP contribution is 2.10. The van der Waals surface area contributed by atoms with E-state index < -0.39 is 10.0 Å². The predicted molar refractivity (Wildman–Crippen MR) is 83.3 cm³/mol. The number of carbonyl (C=O) groups excluding carboxylic acids is 1. The topological polar surface area (TPSA) is 71.4 Å². The highest BCUT2D eigenvalue weighted by atomic mass is 32.2. The molecule has 7 nitrogen and oxygen atoms in total. The molecule has 2 fully saturated rings. The van der Waals surface area contributed by atoms with E-state index in [1.165, 1.54) is 4.90 Å². The van der Waals surface area contributed by atoms with Gasteiger partial charge in [-0.05, 0) is 13.8 Å². The molecule has 0 atom stereocenters. The first kappa shape index (κ1) is 17.5. The zero-order chi connectivity index (χ0) is 16.2. The van der Waals surface area contributed by atoms with Gasteiger partial charge in [-0.3, -0.25) is 0 Å². The summed E-state index contributed by atoms with van der Waals surface area (Å²) in [6.07, 6.45) is 1.72. The number of piperidine rings is 1. The van der Waals surface area contributed by atoms with E-state index in [4.69, 9.17) is 4.74 Å². The van der Waals surface area contributed by atoms with Gasteiger partial charge in [0.1, 0.15) is 0 Å². The average Bonchev–Trinajstić information content (AvgIpc) is 2.55. The van der Waals surface area contributed by atoms with Crippen molar-refractivity contribution >= 4 is 16.1 Å². The molecule has 0 aromatic rings. The number of sulfonamides is 1. The van der Waals surface area contributed by atoms with Crippen LogP contribution < -0.4 is 4.90 Å². The molecule has 22 heavy (non-hydrogen) atoms. The Morgan fingerprint density at radius 3 is 2.23 bits per heavy atom. The number of likely N-dealkylation sites (tertiary alicyclic amines) is 1. The predicted octanol–water partition coefficient (Wildman–Crippen LogP) is -0.842. The lowest BCUT2D eigenvalue weighted by atomic mass is 10.0. The van der Waals surface area contributed by atoms with Crippen molar-refractivity contribution in [1.82, 2.24) is 9.21 Å². The molecule has 2 heterocycles. The summed E-state index contributed by atoms with van der Waals surface area (Å²) in [7, 11) is -3.05. The van der Waals surface area contributed by atoms with Gasteiger partial charge in [0.15, 0.2) is 0 Å². The van der Waals surface area contributed by atoms with Gasteiger partial charge in [-0.1, -0.05) is 0 Å². The molecular formula is C14H28N3O4S+. The summed E-state index contributed by atoms with van der Waals surface area (Å²) in [5.74, 6) is 0.181. The summed E-state index contributed by atoms with van der Waals surface area (Å²) in [5, 5.41) is 0. The molecular weight excluding hydrogens is 306 g/mol. The first-order valence-electron chi connectivity index (χ1n) is 8.22. The van der Waals surface area contributed by atoms with Crippen LogP contribution in [-0.4, -0.2) is 81.4 Å². The van der Waals surface area contributed by atoms with E-state index in [0.29, 0.717) is 25.7 Å². The molecule has 128 valence electrons. The van der Waals surface area contributed by atoms with Gasteiger partial charge in [0, 0.05) is 25.9 Å². The quantitative estimate of drug-likeness (QED) is 0.728. The average molecular weight is 334 g/mol. The SMILES string of the molecule is CCOC(=O)N1CCC([NH+]2CCN(S(=O)(=O)CC)CC2)CC1. The fraction of sp³-hybridized carbons (Fsp3) is 0.929. The van der Waals surface area contributed by atoms with Crippen LogP contribution in [-0.2, 0) is 14.8 Å². The van der Waals surface area contributed by atoms with Crippen molar-refractivity contribution in [2.75, 3.05) is 51.6 Å². The normalized spacial score (nSPS) is 22.7. The molecule has 0 saturated carbocycles. The van der Waals surface area contributed by atoms with Crippen LogP contribution in [0, 0.1) is 0 Å². The maximum absolute atomic E-state index is 11.9. The van der Waals surface area contributed by atoms with Gasteiger partial charge in [-0.15, -0.1) is 0 Å². The van der Waals surface area contributed by atoms with Crippen LogP contribution in [0.25, 0.3) is 0 Å². The van der Waals surface area contributed by atoms with Crippen LogP contribution in [0.2, 0.25) is 0 Å². The summed E-state index contributed by atoms with van der Waals surface area (Å²) in [6, 6.07) is 0.525. The van der Waals surface area contributed by atoms with Crippen molar-refractivity contribution in [3.63, 3.8) is 0 Å². The fourth-order valence-electron chi connectivity index (χ4n) is 3.33. The van der Waals surface area contributed by atoms with E-state index in [1.54, 1.807) is 16.1 Å². The van der Waals surface area contributed by atoms with Crippen molar-refractivity contribution in [2.24, 2.45) is 0 Å². The van der Waals surface area contributed by atoms with E-state index in [9.17, 15) is 13.2 Å². The highest BCUT2D eigenvalue weighted by Gasteiger charge is 2.34. The van der Waals surface area contributed by atoms with E-state index in [-0.39, 0.29) is 11.8 Å². The Hall–Kier alpha value is -0.860. The Morgan fingerprint density at radius 2 is 1.73 bits per heavy atom. The lowest BCUT2D eigenvalue weighted by Crippen LogP contribution is -3.18.